The molecule has 1 heterocycles. The molecule has 5 nitrogen and oxygen atoms in total. The lowest BCUT2D eigenvalue weighted by atomic mass is 9.70. The summed E-state index contributed by atoms with van der Waals surface area (Å²) in [6.45, 7) is 0.939. The van der Waals surface area contributed by atoms with Crippen LogP contribution in [-0.2, 0) is 5.41 Å². The molecule has 2 atom stereocenters. The van der Waals surface area contributed by atoms with Crippen molar-refractivity contribution in [1.29, 1.82) is 5.26 Å². The highest BCUT2D eigenvalue weighted by Gasteiger charge is 2.45. The van der Waals surface area contributed by atoms with Crippen molar-refractivity contribution >= 4 is 0 Å². The molecule has 0 unspecified atom stereocenters. The van der Waals surface area contributed by atoms with Crippen LogP contribution in [0.1, 0.15) is 30.4 Å². The summed E-state index contributed by atoms with van der Waals surface area (Å²) < 4.78 is 10.8. The van der Waals surface area contributed by atoms with Gasteiger partial charge in [-0.25, -0.2) is 0 Å². The van der Waals surface area contributed by atoms with Gasteiger partial charge in [-0.15, -0.1) is 0 Å². The number of fused-ring (bicyclic) bond motifs is 1. The fourth-order valence-corrected chi connectivity index (χ4v) is 3.93. The molecular weight excluding hydrogens is 292 g/mol. The van der Waals surface area contributed by atoms with Gasteiger partial charge in [0.1, 0.15) is 6.07 Å². The molecule has 1 aliphatic heterocycles. The molecule has 1 aromatic carbocycles. The number of likely N-dealkylation sites (tertiary alicyclic amines) is 1. The molecule has 3 rings (SSSR count). The maximum Gasteiger partial charge on any atom is 0.178 e. The molecule has 1 aliphatic carbocycles. The van der Waals surface area contributed by atoms with Crippen LogP contribution in [0.3, 0.4) is 0 Å². The number of rotatable bonds is 3. The molecule has 1 fully saturated rings. The van der Waals surface area contributed by atoms with E-state index in [4.69, 9.17) is 9.47 Å². The van der Waals surface area contributed by atoms with Gasteiger partial charge < -0.3 is 19.5 Å². The first kappa shape index (κ1) is 15.7. The minimum Gasteiger partial charge on any atom is -0.493 e. The zero-order chi connectivity index (χ0) is 16.6. The summed E-state index contributed by atoms with van der Waals surface area (Å²) in [7, 11) is 5.18. The van der Waals surface area contributed by atoms with Gasteiger partial charge in [0.15, 0.2) is 11.5 Å². The van der Waals surface area contributed by atoms with Crippen LogP contribution < -0.4 is 9.47 Å². The molecule has 0 spiro atoms. The Morgan fingerprint density at radius 1 is 1.30 bits per heavy atom. The van der Waals surface area contributed by atoms with Gasteiger partial charge in [-0.2, -0.15) is 5.26 Å². The molecule has 0 amide bonds. The van der Waals surface area contributed by atoms with Crippen LogP contribution in [-0.4, -0.2) is 43.9 Å². The predicted molar refractivity (Wildman–Crippen MR) is 86.5 cm³/mol. The highest BCUT2D eigenvalue weighted by atomic mass is 16.5. The minimum atomic E-state index is -0.394. The quantitative estimate of drug-likeness (QED) is 0.926. The maximum atomic E-state index is 10.0. The third-order valence-electron chi connectivity index (χ3n) is 5.14. The van der Waals surface area contributed by atoms with E-state index in [9.17, 15) is 10.4 Å². The number of methoxy groups -OCH3 is 2. The number of allylic oxidation sites excluding steroid dienone is 1. The number of hydrogen-bond acceptors (Lipinski definition) is 5. The molecule has 2 aliphatic rings. The van der Waals surface area contributed by atoms with E-state index in [1.54, 1.807) is 14.2 Å². The lowest BCUT2D eigenvalue weighted by Gasteiger charge is -2.37. The number of nitrogens with zero attached hydrogens (tertiary/aromatic N) is 2. The topological polar surface area (TPSA) is 65.7 Å². The Balaban J connectivity index is 2.18. The first-order chi connectivity index (χ1) is 11.1. The zero-order valence-corrected chi connectivity index (χ0v) is 13.8. The number of benzene rings is 1. The Morgan fingerprint density at radius 2 is 2.09 bits per heavy atom. The van der Waals surface area contributed by atoms with E-state index in [0.29, 0.717) is 17.1 Å². The van der Waals surface area contributed by atoms with Gasteiger partial charge >= 0.3 is 0 Å². The average Bonchev–Trinajstić information content (AvgIpc) is 2.91. The second-order valence-corrected chi connectivity index (χ2v) is 6.28. The second-order valence-electron chi connectivity index (χ2n) is 6.28. The molecule has 1 N–H and O–H groups in total. The van der Waals surface area contributed by atoms with Crippen LogP contribution in [0.5, 0.6) is 11.5 Å². The van der Waals surface area contributed by atoms with Gasteiger partial charge in [0.2, 0.25) is 0 Å². The number of aliphatic hydroxyl groups is 1. The summed E-state index contributed by atoms with van der Waals surface area (Å²) >= 11 is 0. The third kappa shape index (κ3) is 2.34. The number of nitriles is 1. The molecule has 1 saturated heterocycles. The number of aliphatic hydroxyl groups excluding tert-OH is 1. The largest absolute Gasteiger partial charge is 0.493 e. The number of likely N-dealkylation sites (N-methyl/N-ethyl adjacent to an activating group) is 1. The van der Waals surface area contributed by atoms with Crippen molar-refractivity contribution in [3.8, 4) is 17.6 Å². The van der Waals surface area contributed by atoms with Gasteiger partial charge in [-0.05, 0) is 43.0 Å². The van der Waals surface area contributed by atoms with Crippen molar-refractivity contribution < 1.29 is 14.6 Å². The van der Waals surface area contributed by atoms with Crippen molar-refractivity contribution in [2.75, 3.05) is 27.8 Å². The zero-order valence-electron chi connectivity index (χ0n) is 13.8. The molecule has 0 aromatic heterocycles. The first-order valence-electron chi connectivity index (χ1n) is 7.84. The Kier molecular flexibility index (Phi) is 3.95. The van der Waals surface area contributed by atoms with E-state index in [1.807, 2.05) is 18.2 Å². The van der Waals surface area contributed by atoms with Crippen LogP contribution in [0, 0.1) is 11.3 Å². The third-order valence-corrected chi connectivity index (χ3v) is 5.14. The van der Waals surface area contributed by atoms with Gasteiger partial charge in [0, 0.05) is 24.7 Å². The Bertz CT molecular complexity index is 692. The van der Waals surface area contributed by atoms with Crippen LogP contribution in [0.4, 0.5) is 0 Å². The van der Waals surface area contributed by atoms with Gasteiger partial charge in [0.05, 0.1) is 25.9 Å². The van der Waals surface area contributed by atoms with Crippen molar-refractivity contribution in [2.45, 2.75) is 30.8 Å². The summed E-state index contributed by atoms with van der Waals surface area (Å²) in [5.74, 6) is 1.05. The summed E-state index contributed by atoms with van der Waals surface area (Å²) in [4.78, 5) is 2.20. The lowest BCUT2D eigenvalue weighted by Crippen LogP contribution is -2.33. The SMILES string of the molecule is COc1cc([C@@]23CC[C@H](O)C=C2N(C)CC3)cc(C#N)c1OC. The van der Waals surface area contributed by atoms with Crippen LogP contribution in [0.25, 0.3) is 0 Å². The van der Waals surface area contributed by atoms with E-state index in [0.717, 1.165) is 37.1 Å². The van der Waals surface area contributed by atoms with Crippen LogP contribution in [0.2, 0.25) is 0 Å². The molecule has 5 heteroatoms. The number of ether oxygens (including phenoxy) is 2. The van der Waals surface area contributed by atoms with E-state index in [2.05, 4.69) is 18.0 Å². The molecule has 23 heavy (non-hydrogen) atoms. The van der Waals surface area contributed by atoms with Gasteiger partial charge in [-0.1, -0.05) is 0 Å². The van der Waals surface area contributed by atoms with Crippen molar-refractivity contribution in [3.05, 3.63) is 35.0 Å². The monoisotopic (exact) mass is 314 g/mol. The van der Waals surface area contributed by atoms with Crippen molar-refractivity contribution in [2.24, 2.45) is 0 Å². The maximum absolute atomic E-state index is 10.0. The standard InChI is InChI=1S/C18H22N2O3/c1-20-7-6-18(5-4-14(21)10-16(18)20)13-8-12(11-19)17(23-3)15(9-13)22-2/h8-10,14,21H,4-7H2,1-3H3/t14-,18-/m0/s1. The summed E-state index contributed by atoms with van der Waals surface area (Å²) in [5, 5.41) is 19.5. The van der Waals surface area contributed by atoms with Crippen LogP contribution >= 0.6 is 0 Å². The minimum absolute atomic E-state index is 0.154. The molecule has 122 valence electrons. The normalized spacial score (nSPS) is 26.3. The van der Waals surface area contributed by atoms with Crippen molar-refractivity contribution in [1.82, 2.24) is 4.90 Å². The molecule has 1 aromatic rings. The second kappa shape index (κ2) is 5.78. The molecule has 0 saturated carbocycles. The smallest absolute Gasteiger partial charge is 0.178 e. The Labute approximate surface area is 136 Å². The highest BCUT2D eigenvalue weighted by Crippen LogP contribution is 2.50. The van der Waals surface area contributed by atoms with E-state index in [1.165, 1.54) is 0 Å². The van der Waals surface area contributed by atoms with E-state index in [-0.39, 0.29) is 5.41 Å². The van der Waals surface area contributed by atoms with Gasteiger partial charge in [0.25, 0.3) is 0 Å². The summed E-state index contributed by atoms with van der Waals surface area (Å²) in [6, 6.07) is 6.10. The predicted octanol–water partition coefficient (Wildman–Crippen LogP) is 2.19. The first-order valence-corrected chi connectivity index (χ1v) is 7.84. The molecular formula is C18H22N2O3. The average molecular weight is 314 g/mol. The summed E-state index contributed by atoms with van der Waals surface area (Å²) in [6.07, 6.45) is 4.13. The van der Waals surface area contributed by atoms with Crippen LogP contribution in [0.15, 0.2) is 23.9 Å². The Morgan fingerprint density at radius 3 is 2.74 bits per heavy atom. The van der Waals surface area contributed by atoms with E-state index < -0.39 is 6.10 Å². The fourth-order valence-electron chi connectivity index (χ4n) is 3.93. The van der Waals surface area contributed by atoms with E-state index >= 15 is 0 Å². The number of hydrogen-bond donors (Lipinski definition) is 1. The Hall–Kier alpha value is -2.19. The van der Waals surface area contributed by atoms with Gasteiger partial charge in [-0.3, -0.25) is 0 Å². The fraction of sp³-hybridized carbons (Fsp3) is 0.500. The summed E-state index contributed by atoms with van der Waals surface area (Å²) in [5.41, 5.74) is 2.54. The molecule has 0 radical (unpaired) electrons. The van der Waals surface area contributed by atoms with Crippen molar-refractivity contribution in [3.63, 3.8) is 0 Å². The highest BCUT2D eigenvalue weighted by molar-refractivity contribution is 5.58. The molecule has 0 bridgehead atoms. The lowest BCUT2D eigenvalue weighted by molar-refractivity contribution is 0.181.